The van der Waals surface area contributed by atoms with Gasteiger partial charge in [-0.1, -0.05) is 35.5 Å². The first-order chi connectivity index (χ1) is 18.5. The van der Waals surface area contributed by atoms with E-state index in [4.69, 9.17) is 9.47 Å². The van der Waals surface area contributed by atoms with Gasteiger partial charge in [0, 0.05) is 40.5 Å². The first-order valence-electron chi connectivity index (χ1n) is 12.0. The van der Waals surface area contributed by atoms with Gasteiger partial charge in [0.15, 0.2) is 11.5 Å². The lowest BCUT2D eigenvalue weighted by atomic mass is 10.0. The Bertz CT molecular complexity index is 1620. The number of carbonyl (C=O) groups is 1. The number of rotatable bonds is 8. The molecule has 2 aromatic heterocycles. The molecular formula is C29H26FN5O3. The maximum atomic E-state index is 14.7. The van der Waals surface area contributed by atoms with Crippen LogP contribution in [0.1, 0.15) is 34.5 Å². The second-order valence-corrected chi connectivity index (χ2v) is 8.82. The minimum atomic E-state index is -0.614. The Labute approximate surface area is 219 Å². The number of methoxy groups -OCH3 is 2. The largest absolute Gasteiger partial charge is 0.493 e. The Kier molecular flexibility index (Phi) is 6.99. The smallest absolute Gasteiger partial charge is 0.252 e. The number of ether oxygens (including phenoxy) is 2. The van der Waals surface area contributed by atoms with Crippen LogP contribution >= 0.6 is 0 Å². The molecule has 0 aliphatic heterocycles. The highest BCUT2D eigenvalue weighted by Gasteiger charge is 2.20. The SMILES string of the molecule is COc1cc(F)c(C(C)NC(=O)c2ccccc2Cn2cc(-c3ccc4cnccc4c3)nn2)cc1OC. The van der Waals surface area contributed by atoms with Crippen molar-refractivity contribution in [3.8, 4) is 22.8 Å². The van der Waals surface area contributed by atoms with Crippen LogP contribution in [-0.2, 0) is 6.54 Å². The molecule has 0 saturated carbocycles. The number of halogens is 1. The summed E-state index contributed by atoms with van der Waals surface area (Å²) in [5.74, 6) is -0.157. The Balaban J connectivity index is 1.34. The first kappa shape index (κ1) is 24.9. The number of aromatic nitrogens is 4. The zero-order chi connectivity index (χ0) is 26.6. The van der Waals surface area contributed by atoms with E-state index >= 15 is 0 Å². The molecule has 9 heteroatoms. The van der Waals surface area contributed by atoms with E-state index in [0.717, 1.165) is 27.6 Å². The average molecular weight is 512 g/mol. The van der Waals surface area contributed by atoms with Gasteiger partial charge in [0.05, 0.1) is 33.0 Å². The lowest BCUT2D eigenvalue weighted by Crippen LogP contribution is -2.28. The Morgan fingerprint density at radius 2 is 1.82 bits per heavy atom. The Morgan fingerprint density at radius 3 is 2.63 bits per heavy atom. The van der Waals surface area contributed by atoms with E-state index < -0.39 is 11.9 Å². The van der Waals surface area contributed by atoms with Crippen molar-refractivity contribution in [2.45, 2.75) is 19.5 Å². The van der Waals surface area contributed by atoms with Crippen LogP contribution in [0.3, 0.4) is 0 Å². The lowest BCUT2D eigenvalue weighted by Gasteiger charge is -2.18. The van der Waals surface area contributed by atoms with Gasteiger partial charge in [0.25, 0.3) is 5.91 Å². The average Bonchev–Trinajstić information content (AvgIpc) is 3.41. The van der Waals surface area contributed by atoms with Gasteiger partial charge in [-0.25, -0.2) is 9.07 Å². The van der Waals surface area contributed by atoms with Crippen LogP contribution < -0.4 is 14.8 Å². The topological polar surface area (TPSA) is 91.2 Å². The van der Waals surface area contributed by atoms with Gasteiger partial charge >= 0.3 is 0 Å². The Morgan fingerprint density at radius 1 is 1.03 bits per heavy atom. The van der Waals surface area contributed by atoms with Crippen molar-refractivity contribution in [1.29, 1.82) is 0 Å². The molecule has 1 N–H and O–H groups in total. The number of amides is 1. The number of pyridine rings is 1. The molecular weight excluding hydrogens is 485 g/mol. The van der Waals surface area contributed by atoms with Crippen molar-refractivity contribution in [3.05, 3.63) is 102 Å². The third-order valence-electron chi connectivity index (χ3n) is 6.39. The Hall–Kier alpha value is -4.79. The summed E-state index contributed by atoms with van der Waals surface area (Å²) in [7, 11) is 2.92. The highest BCUT2D eigenvalue weighted by molar-refractivity contribution is 5.96. The van der Waals surface area contributed by atoms with Gasteiger partial charge in [-0.05, 0) is 42.1 Å². The number of benzene rings is 3. The van der Waals surface area contributed by atoms with Gasteiger partial charge < -0.3 is 14.8 Å². The first-order valence-corrected chi connectivity index (χ1v) is 12.0. The number of hydrogen-bond acceptors (Lipinski definition) is 6. The van der Waals surface area contributed by atoms with Crippen molar-refractivity contribution >= 4 is 16.7 Å². The molecule has 8 nitrogen and oxygen atoms in total. The van der Waals surface area contributed by atoms with Crippen LogP contribution in [0.4, 0.5) is 4.39 Å². The maximum absolute atomic E-state index is 14.7. The molecule has 0 saturated heterocycles. The molecule has 5 aromatic rings. The van der Waals surface area contributed by atoms with E-state index in [1.165, 1.54) is 26.4 Å². The molecule has 0 aliphatic carbocycles. The molecule has 1 unspecified atom stereocenters. The minimum absolute atomic E-state index is 0.283. The third-order valence-corrected chi connectivity index (χ3v) is 6.39. The van der Waals surface area contributed by atoms with Crippen molar-refractivity contribution in [3.63, 3.8) is 0 Å². The van der Waals surface area contributed by atoms with Crippen LogP contribution in [0.5, 0.6) is 11.5 Å². The van der Waals surface area contributed by atoms with Crippen LogP contribution in [0.25, 0.3) is 22.0 Å². The third kappa shape index (κ3) is 5.04. The van der Waals surface area contributed by atoms with E-state index in [9.17, 15) is 9.18 Å². The molecule has 2 heterocycles. The fourth-order valence-corrected chi connectivity index (χ4v) is 4.36. The molecule has 0 spiro atoms. The van der Waals surface area contributed by atoms with Gasteiger partial charge in [0.2, 0.25) is 0 Å². The zero-order valence-corrected chi connectivity index (χ0v) is 21.2. The second-order valence-electron chi connectivity index (χ2n) is 8.82. The highest BCUT2D eigenvalue weighted by atomic mass is 19.1. The van der Waals surface area contributed by atoms with E-state index in [1.807, 2.05) is 48.8 Å². The maximum Gasteiger partial charge on any atom is 0.252 e. The number of fused-ring (bicyclic) bond motifs is 1. The molecule has 5 rings (SSSR count). The van der Waals surface area contributed by atoms with Gasteiger partial charge in [-0.2, -0.15) is 0 Å². The molecule has 0 bridgehead atoms. The van der Waals surface area contributed by atoms with Gasteiger partial charge in [0.1, 0.15) is 11.5 Å². The summed E-state index contributed by atoms with van der Waals surface area (Å²) in [6.45, 7) is 2.06. The summed E-state index contributed by atoms with van der Waals surface area (Å²) in [6.07, 6.45) is 5.42. The quantitative estimate of drug-likeness (QED) is 0.308. The van der Waals surface area contributed by atoms with Crippen molar-refractivity contribution in [1.82, 2.24) is 25.3 Å². The van der Waals surface area contributed by atoms with Crippen LogP contribution in [0, 0.1) is 5.82 Å². The summed E-state index contributed by atoms with van der Waals surface area (Å²) < 4.78 is 26.9. The highest BCUT2D eigenvalue weighted by Crippen LogP contribution is 2.32. The van der Waals surface area contributed by atoms with E-state index in [-0.39, 0.29) is 11.7 Å². The standard InChI is InChI=1S/C29H26FN5O3/c1-18(24-13-27(37-2)28(38-3)14-25(24)30)32-29(36)23-7-5-4-6-22(23)16-35-17-26(33-34-35)20-8-9-21-15-31-11-10-19(21)12-20/h4-15,17-18H,16H2,1-3H3,(H,32,36). The number of nitrogens with zero attached hydrogens (tertiary/aromatic N) is 4. The van der Waals surface area contributed by atoms with Crippen LogP contribution in [-0.4, -0.2) is 40.1 Å². The van der Waals surface area contributed by atoms with Crippen molar-refractivity contribution in [2.75, 3.05) is 14.2 Å². The number of carbonyl (C=O) groups excluding carboxylic acids is 1. The minimum Gasteiger partial charge on any atom is -0.493 e. The second kappa shape index (κ2) is 10.7. The molecule has 38 heavy (non-hydrogen) atoms. The lowest BCUT2D eigenvalue weighted by molar-refractivity contribution is 0.0938. The fraction of sp³-hybridized carbons (Fsp3) is 0.172. The summed E-state index contributed by atoms with van der Waals surface area (Å²) in [6, 6.07) is 17.4. The van der Waals surface area contributed by atoms with Crippen LogP contribution in [0.15, 0.2) is 79.3 Å². The van der Waals surface area contributed by atoms with Crippen molar-refractivity contribution in [2.24, 2.45) is 0 Å². The molecule has 3 aromatic carbocycles. The van der Waals surface area contributed by atoms with E-state index in [0.29, 0.717) is 23.4 Å². The summed E-state index contributed by atoms with van der Waals surface area (Å²) in [5.41, 5.74) is 3.18. The molecule has 0 aliphatic rings. The van der Waals surface area contributed by atoms with E-state index in [2.05, 4.69) is 20.6 Å². The predicted octanol–water partition coefficient (Wildman–Crippen LogP) is 5.19. The number of hydrogen-bond donors (Lipinski definition) is 1. The number of nitrogens with one attached hydrogen (secondary N) is 1. The molecule has 0 fully saturated rings. The van der Waals surface area contributed by atoms with E-state index in [1.54, 1.807) is 29.9 Å². The normalized spacial score (nSPS) is 11.8. The monoisotopic (exact) mass is 511 g/mol. The molecule has 1 amide bonds. The predicted molar refractivity (Wildman–Crippen MR) is 142 cm³/mol. The molecule has 1 atom stereocenters. The van der Waals surface area contributed by atoms with Crippen LogP contribution in [0.2, 0.25) is 0 Å². The molecule has 0 radical (unpaired) electrons. The summed E-state index contributed by atoms with van der Waals surface area (Å²) in [5, 5.41) is 13.6. The van der Waals surface area contributed by atoms with Gasteiger partial charge in [-0.3, -0.25) is 9.78 Å². The summed E-state index contributed by atoms with van der Waals surface area (Å²) in [4.78, 5) is 17.4. The van der Waals surface area contributed by atoms with Gasteiger partial charge in [-0.15, -0.1) is 5.10 Å². The van der Waals surface area contributed by atoms with Crippen molar-refractivity contribution < 1.29 is 18.7 Å². The summed E-state index contributed by atoms with van der Waals surface area (Å²) >= 11 is 0. The fourth-order valence-electron chi connectivity index (χ4n) is 4.36. The molecule has 192 valence electrons. The zero-order valence-electron chi connectivity index (χ0n) is 21.2.